The summed E-state index contributed by atoms with van der Waals surface area (Å²) in [6.45, 7) is 3.17. The number of alkyl halides is 3. The van der Waals surface area contributed by atoms with E-state index in [1.807, 2.05) is 0 Å². The van der Waals surface area contributed by atoms with Gasteiger partial charge in [-0.05, 0) is 56.6 Å². The van der Waals surface area contributed by atoms with E-state index in [1.165, 1.54) is 17.7 Å². The van der Waals surface area contributed by atoms with Crippen LogP contribution >= 0.6 is 12.4 Å². The molecule has 0 saturated carbocycles. The van der Waals surface area contributed by atoms with E-state index in [0.29, 0.717) is 5.56 Å². The van der Waals surface area contributed by atoms with E-state index < -0.39 is 23.2 Å². The van der Waals surface area contributed by atoms with Crippen LogP contribution < -0.4 is 20.9 Å². The highest BCUT2D eigenvalue weighted by molar-refractivity contribution is 6.05. The minimum atomic E-state index is -4.60. The number of carbonyl (C=O) groups is 1. The average molecular weight is 446 g/mol. The molecular weight excluding hydrogens is 423 g/mol. The van der Waals surface area contributed by atoms with Crippen molar-refractivity contribution in [3.63, 3.8) is 0 Å². The fraction of sp³-hybridized carbons (Fsp3) is 0.400. The quantitative estimate of drug-likeness (QED) is 0.751. The van der Waals surface area contributed by atoms with Gasteiger partial charge in [0, 0.05) is 24.0 Å². The zero-order valence-electron chi connectivity index (χ0n) is 16.5. The van der Waals surface area contributed by atoms with Crippen molar-refractivity contribution in [1.82, 2.24) is 9.88 Å². The number of piperidine rings is 1. The maximum atomic E-state index is 13.1. The van der Waals surface area contributed by atoms with Gasteiger partial charge in [0.2, 0.25) is 0 Å². The molecule has 2 aromatic rings. The molecule has 0 unspecified atom stereocenters. The van der Waals surface area contributed by atoms with Gasteiger partial charge in [-0.3, -0.25) is 9.59 Å². The number of methoxy groups -OCH3 is 1. The molecule has 1 saturated heterocycles. The van der Waals surface area contributed by atoms with Crippen molar-refractivity contribution in [3.05, 3.63) is 57.5 Å². The molecule has 164 valence electrons. The van der Waals surface area contributed by atoms with Crippen LogP contribution in [0.2, 0.25) is 0 Å². The summed E-state index contributed by atoms with van der Waals surface area (Å²) in [5.74, 6) is -0.802. The van der Waals surface area contributed by atoms with E-state index in [1.54, 1.807) is 19.2 Å². The molecule has 6 nitrogen and oxygen atoms in total. The van der Waals surface area contributed by atoms with Crippen LogP contribution in [0.15, 0.2) is 35.3 Å². The summed E-state index contributed by atoms with van der Waals surface area (Å²) >= 11 is 0. The van der Waals surface area contributed by atoms with E-state index >= 15 is 0 Å². The topological polar surface area (TPSA) is 72.4 Å². The van der Waals surface area contributed by atoms with Crippen LogP contribution in [-0.2, 0) is 6.18 Å². The number of amides is 1. The van der Waals surface area contributed by atoms with Gasteiger partial charge in [-0.1, -0.05) is 0 Å². The van der Waals surface area contributed by atoms with Gasteiger partial charge in [-0.25, -0.2) is 0 Å². The first-order chi connectivity index (χ1) is 13.7. The molecule has 1 aromatic heterocycles. The summed E-state index contributed by atoms with van der Waals surface area (Å²) in [6, 6.07) is 4.57. The Morgan fingerprint density at radius 3 is 2.50 bits per heavy atom. The van der Waals surface area contributed by atoms with Gasteiger partial charge in [0.25, 0.3) is 11.5 Å². The number of nitrogens with zero attached hydrogens (tertiary/aromatic N) is 1. The highest BCUT2D eigenvalue weighted by Gasteiger charge is 2.32. The van der Waals surface area contributed by atoms with Gasteiger partial charge in [0.15, 0.2) is 0 Å². The van der Waals surface area contributed by atoms with Crippen LogP contribution in [-0.4, -0.2) is 30.7 Å². The van der Waals surface area contributed by atoms with Crippen molar-refractivity contribution >= 4 is 24.0 Å². The van der Waals surface area contributed by atoms with Crippen molar-refractivity contribution in [2.45, 2.75) is 32.0 Å². The SMILES string of the molecule is COc1cc(NC(=O)c2c(C)ccn(C3CCNCC3)c2=O)cc(C(F)(F)F)c1.Cl. The molecule has 0 radical (unpaired) electrons. The lowest BCUT2D eigenvalue weighted by molar-refractivity contribution is -0.137. The van der Waals surface area contributed by atoms with Crippen LogP contribution in [0.1, 0.15) is 40.4 Å². The molecule has 30 heavy (non-hydrogen) atoms. The molecule has 0 spiro atoms. The molecule has 1 aliphatic rings. The van der Waals surface area contributed by atoms with E-state index in [4.69, 9.17) is 4.74 Å². The smallest absolute Gasteiger partial charge is 0.416 e. The Morgan fingerprint density at radius 2 is 1.90 bits per heavy atom. The van der Waals surface area contributed by atoms with Crippen molar-refractivity contribution < 1.29 is 22.7 Å². The standard InChI is InChI=1S/C20H22F3N3O3.ClH/c1-12-5-8-26(15-3-6-24-7-4-15)19(28)17(12)18(27)25-14-9-13(20(21,22)23)10-16(11-14)29-2;/h5,8-11,15,24H,3-4,6-7H2,1-2H3,(H,25,27);1H. The molecule has 1 fully saturated rings. The van der Waals surface area contributed by atoms with Gasteiger partial charge in [0.1, 0.15) is 11.3 Å². The van der Waals surface area contributed by atoms with E-state index in [9.17, 15) is 22.8 Å². The summed E-state index contributed by atoms with van der Waals surface area (Å²) in [5.41, 5.74) is -1.13. The Kier molecular flexibility index (Phi) is 7.54. The summed E-state index contributed by atoms with van der Waals surface area (Å²) < 4.78 is 45.8. The first kappa shape index (κ1) is 23.8. The Bertz CT molecular complexity index is 970. The Morgan fingerprint density at radius 1 is 1.23 bits per heavy atom. The third-order valence-electron chi connectivity index (χ3n) is 4.98. The first-order valence-corrected chi connectivity index (χ1v) is 9.21. The van der Waals surface area contributed by atoms with E-state index in [-0.39, 0.29) is 35.4 Å². The van der Waals surface area contributed by atoms with Gasteiger partial charge in [-0.2, -0.15) is 13.2 Å². The molecular formula is C20H23ClF3N3O3. The lowest BCUT2D eigenvalue weighted by atomic mass is 10.0. The number of hydrogen-bond acceptors (Lipinski definition) is 4. The van der Waals surface area contributed by atoms with Crippen molar-refractivity contribution in [3.8, 4) is 5.75 Å². The molecule has 3 rings (SSSR count). The largest absolute Gasteiger partial charge is 0.497 e. The second-order valence-electron chi connectivity index (χ2n) is 6.97. The number of halogens is 4. The minimum absolute atomic E-state index is 0. The molecule has 1 aliphatic heterocycles. The maximum absolute atomic E-state index is 13.1. The number of pyridine rings is 1. The average Bonchev–Trinajstić information content (AvgIpc) is 2.67. The monoisotopic (exact) mass is 445 g/mol. The second kappa shape index (κ2) is 9.53. The number of rotatable bonds is 4. The number of benzene rings is 1. The first-order valence-electron chi connectivity index (χ1n) is 9.21. The Hall–Kier alpha value is -2.52. The Labute approximate surface area is 177 Å². The van der Waals surface area contributed by atoms with Crippen LogP contribution in [0.4, 0.5) is 18.9 Å². The lowest BCUT2D eigenvalue weighted by Gasteiger charge is -2.25. The molecule has 1 amide bonds. The van der Waals surface area contributed by atoms with Crippen molar-refractivity contribution in [2.75, 3.05) is 25.5 Å². The predicted molar refractivity (Wildman–Crippen MR) is 110 cm³/mol. The molecule has 0 bridgehead atoms. The summed E-state index contributed by atoms with van der Waals surface area (Å²) in [7, 11) is 1.24. The minimum Gasteiger partial charge on any atom is -0.497 e. The number of ether oxygens (including phenoxy) is 1. The van der Waals surface area contributed by atoms with Crippen LogP contribution in [0, 0.1) is 6.92 Å². The highest BCUT2D eigenvalue weighted by Crippen LogP contribution is 2.34. The zero-order valence-corrected chi connectivity index (χ0v) is 17.3. The molecule has 2 N–H and O–H groups in total. The van der Waals surface area contributed by atoms with Crippen LogP contribution in [0.5, 0.6) is 5.75 Å². The predicted octanol–water partition coefficient (Wildman–Crippen LogP) is 3.78. The van der Waals surface area contributed by atoms with E-state index in [0.717, 1.165) is 38.1 Å². The number of nitrogens with one attached hydrogen (secondary N) is 2. The van der Waals surface area contributed by atoms with Crippen LogP contribution in [0.3, 0.4) is 0 Å². The number of aromatic nitrogens is 1. The fourth-order valence-corrected chi connectivity index (χ4v) is 3.44. The second-order valence-corrected chi connectivity index (χ2v) is 6.97. The number of aryl methyl sites for hydroxylation is 1. The fourth-order valence-electron chi connectivity index (χ4n) is 3.44. The number of anilines is 1. The zero-order chi connectivity index (χ0) is 21.2. The summed E-state index contributed by atoms with van der Waals surface area (Å²) in [6.07, 6.45) is -1.42. The van der Waals surface area contributed by atoms with E-state index in [2.05, 4.69) is 10.6 Å². The number of carbonyl (C=O) groups excluding carboxylic acids is 1. The maximum Gasteiger partial charge on any atom is 0.416 e. The van der Waals surface area contributed by atoms with Crippen molar-refractivity contribution in [1.29, 1.82) is 0 Å². The van der Waals surface area contributed by atoms with Gasteiger partial charge in [0.05, 0.1) is 12.7 Å². The van der Waals surface area contributed by atoms with Gasteiger partial charge >= 0.3 is 6.18 Å². The van der Waals surface area contributed by atoms with Gasteiger partial charge in [-0.15, -0.1) is 12.4 Å². The normalized spacial score (nSPS) is 14.7. The molecule has 2 heterocycles. The highest BCUT2D eigenvalue weighted by atomic mass is 35.5. The molecule has 0 aliphatic carbocycles. The van der Waals surface area contributed by atoms with Gasteiger partial charge < -0.3 is 19.9 Å². The van der Waals surface area contributed by atoms with Crippen LogP contribution in [0.25, 0.3) is 0 Å². The summed E-state index contributed by atoms with van der Waals surface area (Å²) in [4.78, 5) is 25.7. The molecule has 1 aromatic carbocycles. The number of hydrogen-bond donors (Lipinski definition) is 2. The molecule has 0 atom stereocenters. The third kappa shape index (κ3) is 5.14. The summed E-state index contributed by atoms with van der Waals surface area (Å²) in [5, 5.41) is 5.63. The van der Waals surface area contributed by atoms with Crippen molar-refractivity contribution in [2.24, 2.45) is 0 Å². The Balaban J connectivity index is 0.00000320. The molecule has 10 heteroatoms. The third-order valence-corrected chi connectivity index (χ3v) is 4.98. The lowest BCUT2D eigenvalue weighted by Crippen LogP contribution is -2.37.